The fraction of sp³-hybridized carbons (Fsp3) is 0.450. The van der Waals surface area contributed by atoms with Gasteiger partial charge in [-0.05, 0) is 31.5 Å². The SMILES string of the molecule is CCN1C(=O)OCc2cnc(N[C@@H](C)c3ccc(N4CCNCC4)cc3)nc21. The van der Waals surface area contributed by atoms with E-state index in [1.807, 2.05) is 6.92 Å². The predicted octanol–water partition coefficient (Wildman–Crippen LogP) is 2.54. The van der Waals surface area contributed by atoms with Gasteiger partial charge < -0.3 is 20.3 Å². The molecular weight excluding hydrogens is 356 g/mol. The molecule has 148 valence electrons. The van der Waals surface area contributed by atoms with Crippen LogP contribution in [0.15, 0.2) is 30.5 Å². The second kappa shape index (κ2) is 8.02. The van der Waals surface area contributed by atoms with Gasteiger partial charge >= 0.3 is 6.09 Å². The summed E-state index contributed by atoms with van der Waals surface area (Å²) in [5.74, 6) is 1.13. The van der Waals surface area contributed by atoms with Gasteiger partial charge in [0.1, 0.15) is 12.4 Å². The van der Waals surface area contributed by atoms with Crippen molar-refractivity contribution in [3.63, 3.8) is 0 Å². The fourth-order valence-corrected chi connectivity index (χ4v) is 3.56. The molecular formula is C20H26N6O2. The molecule has 1 aromatic carbocycles. The number of hydrogen-bond donors (Lipinski definition) is 2. The molecule has 8 heteroatoms. The van der Waals surface area contributed by atoms with Crippen LogP contribution in [0.1, 0.15) is 31.0 Å². The molecule has 0 saturated carbocycles. The van der Waals surface area contributed by atoms with E-state index < -0.39 is 0 Å². The average molecular weight is 382 g/mol. The summed E-state index contributed by atoms with van der Waals surface area (Å²) in [7, 11) is 0. The lowest BCUT2D eigenvalue weighted by Gasteiger charge is -2.29. The first-order chi connectivity index (χ1) is 13.7. The molecule has 0 spiro atoms. The Hall–Kier alpha value is -2.87. The number of carbonyl (C=O) groups is 1. The predicted molar refractivity (Wildman–Crippen MR) is 109 cm³/mol. The van der Waals surface area contributed by atoms with Gasteiger partial charge in [0.2, 0.25) is 5.95 Å². The van der Waals surface area contributed by atoms with Crippen LogP contribution in [-0.4, -0.2) is 48.8 Å². The third-order valence-corrected chi connectivity index (χ3v) is 5.21. The van der Waals surface area contributed by atoms with Crippen molar-refractivity contribution < 1.29 is 9.53 Å². The van der Waals surface area contributed by atoms with Crippen LogP contribution in [0.3, 0.4) is 0 Å². The van der Waals surface area contributed by atoms with Crippen molar-refractivity contribution >= 4 is 23.5 Å². The lowest BCUT2D eigenvalue weighted by molar-refractivity contribution is 0.141. The molecule has 0 aliphatic carbocycles. The molecule has 0 unspecified atom stereocenters. The van der Waals surface area contributed by atoms with Gasteiger partial charge in [0.15, 0.2) is 0 Å². The van der Waals surface area contributed by atoms with Gasteiger partial charge in [-0.2, -0.15) is 4.98 Å². The topological polar surface area (TPSA) is 82.6 Å². The van der Waals surface area contributed by atoms with E-state index in [2.05, 4.69) is 56.7 Å². The quantitative estimate of drug-likeness (QED) is 0.822. The number of hydrogen-bond acceptors (Lipinski definition) is 7. The van der Waals surface area contributed by atoms with Gasteiger partial charge in [-0.3, -0.25) is 4.90 Å². The van der Waals surface area contributed by atoms with Crippen LogP contribution >= 0.6 is 0 Å². The minimum atomic E-state index is -0.365. The summed E-state index contributed by atoms with van der Waals surface area (Å²) in [5, 5.41) is 6.72. The number of fused-ring (bicyclic) bond motifs is 1. The number of carbonyl (C=O) groups excluding carboxylic acids is 1. The Morgan fingerprint density at radius 3 is 2.71 bits per heavy atom. The maximum atomic E-state index is 11.9. The molecule has 2 aliphatic rings. The molecule has 3 heterocycles. The van der Waals surface area contributed by atoms with Crippen molar-refractivity contribution in [1.29, 1.82) is 0 Å². The van der Waals surface area contributed by atoms with E-state index in [-0.39, 0.29) is 18.7 Å². The average Bonchev–Trinajstić information content (AvgIpc) is 2.74. The minimum Gasteiger partial charge on any atom is -0.444 e. The Balaban J connectivity index is 1.47. The Morgan fingerprint density at radius 2 is 2.00 bits per heavy atom. The Bertz CT molecular complexity index is 835. The number of nitrogens with zero attached hydrogens (tertiary/aromatic N) is 4. The second-order valence-electron chi connectivity index (χ2n) is 7.04. The standard InChI is InChI=1S/C20H26N6O2/c1-3-26-18-16(13-28-20(26)27)12-22-19(24-18)23-14(2)15-4-6-17(7-5-15)25-10-8-21-9-11-25/h4-7,12,14,21H,3,8-11,13H2,1-2H3,(H,22,23,24)/t14-/m0/s1. The summed E-state index contributed by atoms with van der Waals surface area (Å²) in [6.07, 6.45) is 1.36. The number of piperazine rings is 1. The zero-order valence-electron chi connectivity index (χ0n) is 16.3. The molecule has 8 nitrogen and oxygen atoms in total. The number of rotatable bonds is 5. The van der Waals surface area contributed by atoms with Crippen LogP contribution in [0, 0.1) is 0 Å². The number of amides is 1. The van der Waals surface area contributed by atoms with E-state index in [0.717, 1.165) is 37.3 Å². The molecule has 1 aromatic heterocycles. The van der Waals surface area contributed by atoms with Crippen LogP contribution < -0.4 is 20.4 Å². The van der Waals surface area contributed by atoms with Crippen molar-refractivity contribution in [1.82, 2.24) is 15.3 Å². The van der Waals surface area contributed by atoms with E-state index >= 15 is 0 Å². The summed E-state index contributed by atoms with van der Waals surface area (Å²) in [4.78, 5) is 24.8. The molecule has 1 atom stereocenters. The van der Waals surface area contributed by atoms with Crippen LogP contribution in [-0.2, 0) is 11.3 Å². The van der Waals surface area contributed by atoms with Crippen LogP contribution in [0.25, 0.3) is 0 Å². The van der Waals surface area contributed by atoms with Gasteiger partial charge in [0.25, 0.3) is 0 Å². The largest absolute Gasteiger partial charge is 0.444 e. The van der Waals surface area contributed by atoms with Gasteiger partial charge in [-0.25, -0.2) is 9.78 Å². The van der Waals surface area contributed by atoms with E-state index in [1.165, 1.54) is 10.6 Å². The normalized spacial score (nSPS) is 17.7. The highest BCUT2D eigenvalue weighted by molar-refractivity contribution is 5.89. The summed E-state index contributed by atoms with van der Waals surface area (Å²) >= 11 is 0. The highest BCUT2D eigenvalue weighted by atomic mass is 16.6. The third-order valence-electron chi connectivity index (χ3n) is 5.21. The first-order valence-electron chi connectivity index (χ1n) is 9.78. The van der Waals surface area contributed by atoms with Crippen molar-refractivity contribution in [3.05, 3.63) is 41.6 Å². The van der Waals surface area contributed by atoms with Crippen molar-refractivity contribution in [2.45, 2.75) is 26.5 Å². The van der Waals surface area contributed by atoms with Crippen LogP contribution in [0.2, 0.25) is 0 Å². The Kier molecular flexibility index (Phi) is 5.29. The van der Waals surface area contributed by atoms with Crippen molar-refractivity contribution in [2.24, 2.45) is 0 Å². The number of aromatic nitrogens is 2. The first-order valence-corrected chi connectivity index (χ1v) is 9.78. The molecule has 28 heavy (non-hydrogen) atoms. The number of benzene rings is 1. The van der Waals surface area contributed by atoms with Crippen LogP contribution in [0.4, 0.5) is 22.2 Å². The van der Waals surface area contributed by atoms with E-state index in [0.29, 0.717) is 18.3 Å². The minimum absolute atomic E-state index is 0.0424. The Labute approximate surface area is 164 Å². The zero-order chi connectivity index (χ0) is 19.5. The van der Waals surface area contributed by atoms with E-state index in [1.54, 1.807) is 6.20 Å². The van der Waals surface area contributed by atoms with Gasteiger partial charge in [-0.15, -0.1) is 0 Å². The highest BCUT2D eigenvalue weighted by Gasteiger charge is 2.26. The smallest absolute Gasteiger partial charge is 0.415 e. The molecule has 0 bridgehead atoms. The molecule has 2 N–H and O–H groups in total. The maximum Gasteiger partial charge on any atom is 0.415 e. The summed E-state index contributed by atoms with van der Waals surface area (Å²) in [6.45, 7) is 8.82. The molecule has 2 aliphatic heterocycles. The molecule has 0 radical (unpaired) electrons. The fourth-order valence-electron chi connectivity index (χ4n) is 3.56. The lowest BCUT2D eigenvalue weighted by Crippen LogP contribution is -2.43. The molecule has 4 rings (SSSR count). The van der Waals surface area contributed by atoms with Gasteiger partial charge in [0.05, 0.1) is 11.6 Å². The van der Waals surface area contributed by atoms with Gasteiger partial charge in [0, 0.05) is 44.6 Å². The maximum absolute atomic E-state index is 11.9. The number of cyclic esters (lactones) is 1. The number of ether oxygens (including phenoxy) is 1. The third kappa shape index (κ3) is 3.73. The highest BCUT2D eigenvalue weighted by Crippen LogP contribution is 2.27. The molecule has 2 aromatic rings. The number of anilines is 3. The summed E-state index contributed by atoms with van der Waals surface area (Å²) in [5.41, 5.74) is 3.23. The van der Waals surface area contributed by atoms with E-state index in [4.69, 9.17) is 4.74 Å². The van der Waals surface area contributed by atoms with E-state index in [9.17, 15) is 4.79 Å². The number of nitrogens with one attached hydrogen (secondary N) is 2. The van der Waals surface area contributed by atoms with Crippen molar-refractivity contribution in [3.8, 4) is 0 Å². The second-order valence-corrected chi connectivity index (χ2v) is 7.04. The monoisotopic (exact) mass is 382 g/mol. The molecule has 1 fully saturated rings. The van der Waals surface area contributed by atoms with Crippen LogP contribution in [0.5, 0.6) is 0 Å². The Morgan fingerprint density at radius 1 is 1.25 bits per heavy atom. The summed E-state index contributed by atoms with van der Waals surface area (Å²) in [6, 6.07) is 8.66. The molecule has 1 saturated heterocycles. The van der Waals surface area contributed by atoms with Crippen molar-refractivity contribution in [2.75, 3.05) is 47.8 Å². The lowest BCUT2D eigenvalue weighted by atomic mass is 10.1. The zero-order valence-corrected chi connectivity index (χ0v) is 16.3. The molecule has 1 amide bonds. The first kappa shape index (κ1) is 18.5. The van der Waals surface area contributed by atoms with Gasteiger partial charge in [-0.1, -0.05) is 12.1 Å². The summed E-state index contributed by atoms with van der Waals surface area (Å²) < 4.78 is 5.14.